The largest absolute Gasteiger partial charge is 0.439 e. The third-order valence-electron chi connectivity index (χ3n) is 4.58. The van der Waals surface area contributed by atoms with E-state index >= 15 is 0 Å². The molecule has 6 nitrogen and oxygen atoms in total. The average Bonchev–Trinajstić information content (AvgIpc) is 3.07. The van der Waals surface area contributed by atoms with Gasteiger partial charge in [-0.05, 0) is 42.2 Å². The van der Waals surface area contributed by atoms with Crippen molar-refractivity contribution in [3.8, 4) is 11.4 Å². The summed E-state index contributed by atoms with van der Waals surface area (Å²) in [6.07, 6.45) is 0.585. The number of hydrogen-bond acceptors (Lipinski definition) is 4. The molecule has 4 rings (SSSR count). The standard InChI is InChI=1S/C19H15F2N3O3/c20-15-5-4-11(7-16(15)21)6-12-9-24(10-12)18(25)14-3-1-2-13(8-14)17-22-19(26)27-23-17/h1-5,7-8,12H,6,9-10H2,(H,22,23,26). The number of halogens is 2. The first-order chi connectivity index (χ1) is 13.0. The molecule has 1 aromatic heterocycles. The van der Waals surface area contributed by atoms with Crippen molar-refractivity contribution in [2.75, 3.05) is 13.1 Å². The number of aromatic amines is 1. The van der Waals surface area contributed by atoms with Gasteiger partial charge in [-0.25, -0.2) is 13.6 Å². The van der Waals surface area contributed by atoms with Crippen LogP contribution in [0.2, 0.25) is 0 Å². The number of aromatic nitrogens is 2. The highest BCUT2D eigenvalue weighted by atomic mass is 19.2. The Morgan fingerprint density at radius 3 is 2.70 bits per heavy atom. The zero-order valence-corrected chi connectivity index (χ0v) is 14.1. The quantitative estimate of drug-likeness (QED) is 0.765. The van der Waals surface area contributed by atoms with Gasteiger partial charge in [0.2, 0.25) is 0 Å². The van der Waals surface area contributed by atoms with E-state index in [2.05, 4.69) is 14.7 Å². The minimum atomic E-state index is -0.863. The summed E-state index contributed by atoms with van der Waals surface area (Å²) in [6, 6.07) is 10.6. The van der Waals surface area contributed by atoms with E-state index < -0.39 is 17.4 Å². The number of nitrogens with zero attached hydrogens (tertiary/aromatic N) is 2. The highest BCUT2D eigenvalue weighted by Crippen LogP contribution is 2.24. The lowest BCUT2D eigenvalue weighted by molar-refractivity contribution is 0.0501. The van der Waals surface area contributed by atoms with Crippen molar-refractivity contribution in [1.82, 2.24) is 15.0 Å². The number of hydrogen-bond donors (Lipinski definition) is 1. The Bertz CT molecular complexity index is 1050. The zero-order valence-electron chi connectivity index (χ0n) is 14.1. The summed E-state index contributed by atoms with van der Waals surface area (Å²) in [5, 5.41) is 3.61. The Morgan fingerprint density at radius 1 is 1.19 bits per heavy atom. The van der Waals surface area contributed by atoms with Crippen LogP contribution < -0.4 is 5.76 Å². The average molecular weight is 371 g/mol. The van der Waals surface area contributed by atoms with E-state index in [0.717, 1.165) is 6.07 Å². The molecule has 1 aliphatic heterocycles. The third kappa shape index (κ3) is 3.51. The third-order valence-corrected chi connectivity index (χ3v) is 4.58. The molecule has 27 heavy (non-hydrogen) atoms. The summed E-state index contributed by atoms with van der Waals surface area (Å²) in [5.74, 6) is -2.06. The van der Waals surface area contributed by atoms with Gasteiger partial charge in [0.15, 0.2) is 17.5 Å². The molecule has 2 heterocycles. The molecule has 1 N–H and O–H groups in total. The van der Waals surface area contributed by atoms with Gasteiger partial charge in [-0.1, -0.05) is 23.4 Å². The number of rotatable bonds is 4. The molecule has 0 atom stereocenters. The summed E-state index contributed by atoms with van der Waals surface area (Å²) in [5.41, 5.74) is 1.76. The number of H-pyrrole nitrogens is 1. The van der Waals surface area contributed by atoms with Crippen LogP contribution in [0, 0.1) is 17.6 Å². The van der Waals surface area contributed by atoms with Crippen LogP contribution in [0.1, 0.15) is 15.9 Å². The van der Waals surface area contributed by atoms with Gasteiger partial charge >= 0.3 is 5.76 Å². The molecular formula is C19H15F2N3O3. The molecule has 8 heteroatoms. The monoisotopic (exact) mass is 371 g/mol. The number of benzene rings is 2. The van der Waals surface area contributed by atoms with Crippen LogP contribution in [0.15, 0.2) is 51.8 Å². The van der Waals surface area contributed by atoms with Gasteiger partial charge in [-0.15, -0.1) is 0 Å². The summed E-state index contributed by atoms with van der Waals surface area (Å²) < 4.78 is 30.7. The van der Waals surface area contributed by atoms with Crippen LogP contribution in [0.3, 0.4) is 0 Å². The van der Waals surface area contributed by atoms with Crippen LogP contribution >= 0.6 is 0 Å². The first kappa shape index (κ1) is 17.1. The van der Waals surface area contributed by atoms with E-state index in [-0.39, 0.29) is 17.6 Å². The molecule has 0 bridgehead atoms. The molecule has 0 saturated carbocycles. The Morgan fingerprint density at radius 2 is 2.00 bits per heavy atom. The van der Waals surface area contributed by atoms with Crippen LogP contribution in [0.25, 0.3) is 11.4 Å². The SMILES string of the molecule is O=C(c1cccc(-c2noc(=O)[nH]2)c1)N1CC(Cc2ccc(F)c(F)c2)C1. The molecule has 0 unspecified atom stereocenters. The minimum absolute atomic E-state index is 0.135. The van der Waals surface area contributed by atoms with Crippen molar-refractivity contribution in [3.63, 3.8) is 0 Å². The fourth-order valence-electron chi connectivity index (χ4n) is 3.20. The molecular weight excluding hydrogens is 356 g/mol. The van der Waals surface area contributed by atoms with Gasteiger partial charge in [0.25, 0.3) is 5.91 Å². The van der Waals surface area contributed by atoms with Gasteiger partial charge in [-0.2, -0.15) is 0 Å². The lowest BCUT2D eigenvalue weighted by atomic mass is 9.91. The van der Waals surface area contributed by atoms with Crippen molar-refractivity contribution in [1.29, 1.82) is 0 Å². The Hall–Kier alpha value is -3.29. The van der Waals surface area contributed by atoms with Gasteiger partial charge in [0.05, 0.1) is 0 Å². The molecule has 138 valence electrons. The molecule has 1 aliphatic rings. The fourth-order valence-corrected chi connectivity index (χ4v) is 3.20. The van der Waals surface area contributed by atoms with Gasteiger partial charge in [0, 0.05) is 24.2 Å². The van der Waals surface area contributed by atoms with Crippen molar-refractivity contribution in [2.24, 2.45) is 5.92 Å². The van der Waals surface area contributed by atoms with Crippen LogP contribution in [-0.2, 0) is 6.42 Å². The predicted molar refractivity (Wildman–Crippen MR) is 92.0 cm³/mol. The van der Waals surface area contributed by atoms with E-state index in [4.69, 9.17) is 0 Å². The minimum Gasteiger partial charge on any atom is -0.338 e. The second-order valence-electron chi connectivity index (χ2n) is 6.55. The maximum absolute atomic E-state index is 13.3. The van der Waals surface area contributed by atoms with Gasteiger partial charge < -0.3 is 4.90 Å². The normalized spacial score (nSPS) is 14.2. The highest BCUT2D eigenvalue weighted by Gasteiger charge is 2.31. The zero-order chi connectivity index (χ0) is 19.0. The van der Waals surface area contributed by atoms with Crippen molar-refractivity contribution in [2.45, 2.75) is 6.42 Å². The predicted octanol–water partition coefficient (Wildman–Crippen LogP) is 2.62. The van der Waals surface area contributed by atoms with E-state index in [1.165, 1.54) is 6.07 Å². The van der Waals surface area contributed by atoms with Gasteiger partial charge in [-0.3, -0.25) is 14.3 Å². The fraction of sp³-hybridized carbons (Fsp3) is 0.211. The maximum atomic E-state index is 13.3. The molecule has 0 radical (unpaired) electrons. The number of carbonyl (C=O) groups excluding carboxylic acids is 1. The van der Waals surface area contributed by atoms with Crippen molar-refractivity contribution >= 4 is 5.91 Å². The second-order valence-corrected chi connectivity index (χ2v) is 6.55. The highest BCUT2D eigenvalue weighted by molar-refractivity contribution is 5.95. The maximum Gasteiger partial charge on any atom is 0.439 e. The molecule has 0 aliphatic carbocycles. The Kier molecular flexibility index (Phi) is 4.31. The molecule has 1 amide bonds. The van der Waals surface area contributed by atoms with Crippen molar-refractivity contribution in [3.05, 3.63) is 75.8 Å². The Balaban J connectivity index is 1.40. The number of likely N-dealkylation sites (tertiary alicyclic amines) is 1. The van der Waals surface area contributed by atoms with E-state index in [0.29, 0.717) is 36.2 Å². The Labute approximate surface area is 152 Å². The van der Waals surface area contributed by atoms with Crippen LogP contribution in [0.5, 0.6) is 0 Å². The lowest BCUT2D eigenvalue weighted by Crippen LogP contribution is -2.50. The molecule has 3 aromatic rings. The molecule has 0 spiro atoms. The lowest BCUT2D eigenvalue weighted by Gasteiger charge is -2.39. The number of nitrogens with one attached hydrogen (secondary N) is 1. The molecule has 1 fully saturated rings. The van der Waals surface area contributed by atoms with Crippen molar-refractivity contribution < 1.29 is 18.1 Å². The van der Waals surface area contributed by atoms with E-state index in [9.17, 15) is 18.4 Å². The summed E-state index contributed by atoms with van der Waals surface area (Å²) >= 11 is 0. The molecule has 2 aromatic carbocycles. The molecule has 1 saturated heterocycles. The summed E-state index contributed by atoms with van der Waals surface area (Å²) in [7, 11) is 0. The topological polar surface area (TPSA) is 79.2 Å². The first-order valence-electron chi connectivity index (χ1n) is 8.39. The number of carbonyl (C=O) groups is 1. The summed E-state index contributed by atoms with van der Waals surface area (Å²) in [4.78, 5) is 27.8. The summed E-state index contributed by atoms with van der Waals surface area (Å²) in [6.45, 7) is 1.09. The van der Waals surface area contributed by atoms with Gasteiger partial charge in [0.1, 0.15) is 0 Å². The van der Waals surface area contributed by atoms with E-state index in [1.807, 2.05) is 0 Å². The first-order valence-corrected chi connectivity index (χ1v) is 8.39. The van der Waals surface area contributed by atoms with E-state index in [1.54, 1.807) is 35.2 Å². The van der Waals surface area contributed by atoms with Crippen LogP contribution in [-0.4, -0.2) is 34.0 Å². The smallest absolute Gasteiger partial charge is 0.338 e. The van der Waals surface area contributed by atoms with Crippen LogP contribution in [0.4, 0.5) is 8.78 Å². The number of amides is 1. The second kappa shape index (κ2) is 6.79.